The zero-order chi connectivity index (χ0) is 15.4. The average Bonchev–Trinajstić information content (AvgIpc) is 3.18. The van der Waals surface area contributed by atoms with Crippen molar-refractivity contribution in [2.45, 2.75) is 0 Å². The fourth-order valence-corrected chi connectivity index (χ4v) is 3.20. The summed E-state index contributed by atoms with van der Waals surface area (Å²) in [6, 6.07) is 10.4. The van der Waals surface area contributed by atoms with Crippen LogP contribution in [0.4, 0.5) is 10.8 Å². The number of para-hydroxylation sites is 1. The molecule has 8 heteroatoms. The molecule has 1 aromatic carbocycles. The Morgan fingerprint density at radius 2 is 2.09 bits per heavy atom. The van der Waals surface area contributed by atoms with Crippen LogP contribution in [0.2, 0.25) is 0 Å². The van der Waals surface area contributed by atoms with Gasteiger partial charge in [0.25, 0.3) is 5.69 Å². The molecule has 0 atom stereocenters. The van der Waals surface area contributed by atoms with Gasteiger partial charge < -0.3 is 0 Å². The lowest BCUT2D eigenvalue weighted by Crippen LogP contribution is -1.95. The maximum absolute atomic E-state index is 10.9. The number of nitrogens with zero attached hydrogens (tertiary/aromatic N) is 3. The Morgan fingerprint density at radius 3 is 2.86 bits per heavy atom. The minimum Gasteiger partial charge on any atom is -0.258 e. The fourth-order valence-electron chi connectivity index (χ4n) is 1.78. The third kappa shape index (κ3) is 3.18. The van der Waals surface area contributed by atoms with Gasteiger partial charge in [0.1, 0.15) is 0 Å². The predicted octanol–water partition coefficient (Wildman–Crippen LogP) is 4.23. The molecule has 3 aromatic rings. The van der Waals surface area contributed by atoms with Gasteiger partial charge in [-0.1, -0.05) is 18.2 Å². The first-order valence-corrected chi connectivity index (χ1v) is 8.02. The van der Waals surface area contributed by atoms with Gasteiger partial charge in [-0.3, -0.25) is 15.5 Å². The van der Waals surface area contributed by atoms with Crippen molar-refractivity contribution in [3.05, 3.63) is 62.8 Å². The van der Waals surface area contributed by atoms with E-state index in [0.29, 0.717) is 10.7 Å². The molecule has 0 aliphatic rings. The van der Waals surface area contributed by atoms with E-state index in [-0.39, 0.29) is 5.69 Å². The minimum absolute atomic E-state index is 0.0199. The van der Waals surface area contributed by atoms with Crippen molar-refractivity contribution >= 4 is 39.7 Å². The van der Waals surface area contributed by atoms with Gasteiger partial charge in [0, 0.05) is 11.4 Å². The van der Waals surface area contributed by atoms with Crippen LogP contribution >= 0.6 is 22.7 Å². The molecule has 0 radical (unpaired) electrons. The molecular weight excluding hydrogens is 320 g/mol. The summed E-state index contributed by atoms with van der Waals surface area (Å²) in [5.74, 6) is 0. The quantitative estimate of drug-likeness (QED) is 0.431. The summed E-state index contributed by atoms with van der Waals surface area (Å²) in [6.07, 6.45) is 1.42. The second-order valence-corrected chi connectivity index (χ2v) is 6.01. The van der Waals surface area contributed by atoms with Gasteiger partial charge in [-0.15, -0.1) is 22.7 Å². The Kier molecular flexibility index (Phi) is 4.22. The van der Waals surface area contributed by atoms with Crippen molar-refractivity contribution in [2.75, 3.05) is 5.43 Å². The largest absolute Gasteiger partial charge is 0.278 e. The Hall–Kier alpha value is -2.58. The highest BCUT2D eigenvalue weighted by Crippen LogP contribution is 2.28. The number of hydrogen-bond donors (Lipinski definition) is 1. The molecule has 0 amide bonds. The van der Waals surface area contributed by atoms with E-state index in [1.807, 2.05) is 22.9 Å². The molecule has 1 N–H and O–H groups in total. The maximum atomic E-state index is 10.9. The zero-order valence-electron chi connectivity index (χ0n) is 11.2. The van der Waals surface area contributed by atoms with Gasteiger partial charge >= 0.3 is 0 Å². The number of aromatic nitrogens is 1. The number of hydrazone groups is 1. The predicted molar refractivity (Wildman–Crippen MR) is 89.7 cm³/mol. The second-order valence-electron chi connectivity index (χ2n) is 4.20. The standard InChI is InChI=1S/C14H10N4O2S2/c19-18(20)12-5-2-1-4-10(12)8-15-17-14-16-11(9-22-14)13-6-3-7-21-13/h1-9H,(H,16,17)/b15-8-. The third-order valence-electron chi connectivity index (χ3n) is 2.78. The highest BCUT2D eigenvalue weighted by molar-refractivity contribution is 7.15. The number of thiazole rings is 1. The summed E-state index contributed by atoms with van der Waals surface area (Å²) >= 11 is 3.05. The number of nitro benzene ring substituents is 1. The van der Waals surface area contributed by atoms with Crippen LogP contribution in [0.1, 0.15) is 5.56 Å². The highest BCUT2D eigenvalue weighted by Gasteiger charge is 2.10. The number of anilines is 1. The monoisotopic (exact) mass is 330 g/mol. The summed E-state index contributed by atoms with van der Waals surface area (Å²) in [6.45, 7) is 0. The molecule has 0 bridgehead atoms. The summed E-state index contributed by atoms with van der Waals surface area (Å²) in [7, 11) is 0. The molecule has 0 saturated heterocycles. The van der Waals surface area contributed by atoms with Crippen molar-refractivity contribution in [2.24, 2.45) is 5.10 Å². The van der Waals surface area contributed by atoms with Crippen LogP contribution in [-0.4, -0.2) is 16.1 Å². The number of thiophene rings is 1. The van der Waals surface area contributed by atoms with Crippen molar-refractivity contribution < 1.29 is 4.92 Å². The number of benzene rings is 1. The smallest absolute Gasteiger partial charge is 0.258 e. The SMILES string of the molecule is O=[N+]([O-])c1ccccc1/C=N\Nc1nc(-c2cccs2)cs1. The molecule has 2 aromatic heterocycles. The van der Waals surface area contributed by atoms with Crippen LogP contribution in [0.25, 0.3) is 10.6 Å². The zero-order valence-corrected chi connectivity index (χ0v) is 12.8. The highest BCUT2D eigenvalue weighted by atomic mass is 32.1. The normalized spacial score (nSPS) is 10.9. The first kappa shape index (κ1) is 14.4. The minimum atomic E-state index is -0.431. The molecule has 22 heavy (non-hydrogen) atoms. The third-order valence-corrected chi connectivity index (χ3v) is 4.41. The fraction of sp³-hybridized carbons (Fsp3) is 0. The lowest BCUT2D eigenvalue weighted by molar-refractivity contribution is -0.385. The molecule has 2 heterocycles. The molecule has 0 aliphatic carbocycles. The Labute approximate surface area is 133 Å². The molecule has 0 spiro atoms. The van der Waals surface area contributed by atoms with Crippen molar-refractivity contribution in [1.29, 1.82) is 0 Å². The number of rotatable bonds is 5. The Bertz CT molecular complexity index is 812. The van der Waals surface area contributed by atoms with Crippen LogP contribution in [0.15, 0.2) is 52.3 Å². The molecule has 0 aliphatic heterocycles. The number of hydrogen-bond acceptors (Lipinski definition) is 7. The number of nitrogens with one attached hydrogen (secondary N) is 1. The van der Waals surface area contributed by atoms with E-state index >= 15 is 0 Å². The van der Waals surface area contributed by atoms with Crippen molar-refractivity contribution in [3.8, 4) is 10.6 Å². The second kappa shape index (κ2) is 6.46. The van der Waals surface area contributed by atoms with Gasteiger partial charge in [-0.25, -0.2) is 4.98 Å². The van der Waals surface area contributed by atoms with E-state index in [1.165, 1.54) is 23.6 Å². The summed E-state index contributed by atoms with van der Waals surface area (Å²) < 4.78 is 0. The Balaban J connectivity index is 1.72. The molecular formula is C14H10N4O2S2. The van der Waals surface area contributed by atoms with E-state index in [1.54, 1.807) is 29.5 Å². The van der Waals surface area contributed by atoms with E-state index in [2.05, 4.69) is 15.5 Å². The average molecular weight is 330 g/mol. The molecule has 3 rings (SSSR count). The first-order valence-electron chi connectivity index (χ1n) is 6.26. The summed E-state index contributed by atoms with van der Waals surface area (Å²) in [5.41, 5.74) is 4.15. The first-order chi connectivity index (χ1) is 10.7. The Morgan fingerprint density at radius 1 is 1.23 bits per heavy atom. The van der Waals surface area contributed by atoms with Crippen LogP contribution in [-0.2, 0) is 0 Å². The van der Waals surface area contributed by atoms with Crippen LogP contribution < -0.4 is 5.43 Å². The molecule has 110 valence electrons. The van der Waals surface area contributed by atoms with Gasteiger partial charge in [0.05, 0.1) is 27.3 Å². The molecule has 6 nitrogen and oxygen atoms in total. The van der Waals surface area contributed by atoms with Crippen LogP contribution in [0.5, 0.6) is 0 Å². The van der Waals surface area contributed by atoms with E-state index < -0.39 is 4.92 Å². The summed E-state index contributed by atoms with van der Waals surface area (Å²) in [4.78, 5) is 16.0. The molecule has 0 saturated carbocycles. The van der Waals surface area contributed by atoms with E-state index in [4.69, 9.17) is 0 Å². The molecule has 0 fully saturated rings. The van der Waals surface area contributed by atoms with Crippen LogP contribution in [0, 0.1) is 10.1 Å². The van der Waals surface area contributed by atoms with E-state index in [0.717, 1.165) is 10.6 Å². The van der Waals surface area contributed by atoms with Crippen LogP contribution in [0.3, 0.4) is 0 Å². The summed E-state index contributed by atoms with van der Waals surface area (Å²) in [5, 5.41) is 19.5. The van der Waals surface area contributed by atoms with Crippen molar-refractivity contribution in [1.82, 2.24) is 4.98 Å². The lowest BCUT2D eigenvalue weighted by atomic mass is 10.2. The topological polar surface area (TPSA) is 80.4 Å². The number of nitro groups is 1. The van der Waals surface area contributed by atoms with Gasteiger partial charge in [-0.2, -0.15) is 5.10 Å². The molecule has 0 unspecified atom stereocenters. The van der Waals surface area contributed by atoms with E-state index in [9.17, 15) is 10.1 Å². The van der Waals surface area contributed by atoms with Crippen molar-refractivity contribution in [3.63, 3.8) is 0 Å². The maximum Gasteiger partial charge on any atom is 0.278 e. The lowest BCUT2D eigenvalue weighted by Gasteiger charge is -1.96. The van der Waals surface area contributed by atoms with Gasteiger partial charge in [-0.05, 0) is 17.5 Å². The van der Waals surface area contributed by atoms with Gasteiger partial charge in [0.15, 0.2) is 0 Å². The van der Waals surface area contributed by atoms with Gasteiger partial charge in [0.2, 0.25) is 5.13 Å².